The van der Waals surface area contributed by atoms with E-state index in [1.54, 1.807) is 25.2 Å². The molecule has 220 valence electrons. The number of anilines is 2. The lowest BCUT2D eigenvalue weighted by molar-refractivity contribution is -0.171. The van der Waals surface area contributed by atoms with E-state index in [1.807, 2.05) is 0 Å². The number of halogens is 6. The van der Waals surface area contributed by atoms with Gasteiger partial charge < -0.3 is 16.2 Å². The fourth-order valence-corrected chi connectivity index (χ4v) is 4.77. The van der Waals surface area contributed by atoms with Crippen molar-refractivity contribution in [3.8, 4) is 0 Å². The highest BCUT2D eigenvalue weighted by Gasteiger charge is 2.45. The van der Waals surface area contributed by atoms with E-state index < -0.39 is 29.8 Å². The van der Waals surface area contributed by atoms with Gasteiger partial charge in [-0.15, -0.1) is 0 Å². The lowest BCUT2D eigenvalue weighted by atomic mass is 10.1. The third-order valence-electron chi connectivity index (χ3n) is 5.30. The fraction of sp³-hybridized carbons (Fsp3) is 0.222. The highest BCUT2D eigenvalue weighted by atomic mass is 79.9. The molecule has 0 fully saturated rings. The number of ether oxygens (including phenoxy) is 1. The molecule has 1 amide bonds. The average Bonchev–Trinajstić information content (AvgIpc) is 2.89. The van der Waals surface area contributed by atoms with Crippen molar-refractivity contribution in [2.45, 2.75) is 28.9 Å². The number of hydrogen-bond donors (Lipinski definition) is 2. The minimum absolute atomic E-state index is 0.0150. The van der Waals surface area contributed by atoms with Crippen molar-refractivity contribution in [2.24, 2.45) is 10.7 Å². The Kier molecular flexibility index (Phi) is 12.3. The number of carbonyl (C=O) groups excluding carboxylic acids is 2. The third-order valence-corrected chi connectivity index (χ3v) is 6.76. The quantitative estimate of drug-likeness (QED) is 0.0975. The summed E-state index contributed by atoms with van der Waals surface area (Å²) in [6.45, 7) is 1.30. The summed E-state index contributed by atoms with van der Waals surface area (Å²) in [6, 6.07) is 11.8. The Labute approximate surface area is 245 Å². The van der Waals surface area contributed by atoms with Crippen LogP contribution in [0.3, 0.4) is 0 Å². The van der Waals surface area contributed by atoms with Gasteiger partial charge in [-0.25, -0.2) is 8.78 Å². The second-order valence-electron chi connectivity index (χ2n) is 8.36. The molecule has 1 atom stereocenters. The van der Waals surface area contributed by atoms with Crippen LogP contribution in [0.1, 0.15) is 22.8 Å². The Bertz CT molecular complexity index is 1400. The van der Waals surface area contributed by atoms with Crippen molar-refractivity contribution in [1.82, 2.24) is 0 Å². The summed E-state index contributed by atoms with van der Waals surface area (Å²) in [7, 11) is 2.88. The first-order valence-electron chi connectivity index (χ1n) is 11.6. The second-order valence-corrected chi connectivity index (χ2v) is 10.4. The van der Waals surface area contributed by atoms with Crippen LogP contribution in [0.5, 0.6) is 0 Å². The number of methoxy groups -OCH3 is 1. The van der Waals surface area contributed by atoms with E-state index in [2.05, 4.69) is 20.9 Å². The van der Waals surface area contributed by atoms with Crippen LogP contribution in [0.2, 0.25) is 0 Å². The number of nitrogens with two attached hydrogens (primary N) is 2. The third kappa shape index (κ3) is 9.54. The second kappa shape index (κ2) is 14.9. The first-order valence-corrected chi connectivity index (χ1v) is 13.2. The number of nitrogens with zero attached hydrogens (tertiary/aromatic N) is 2. The van der Waals surface area contributed by atoms with Crippen LogP contribution < -0.4 is 16.4 Å². The molecule has 7 nitrogen and oxygen atoms in total. The zero-order valence-electron chi connectivity index (χ0n) is 22.0. The van der Waals surface area contributed by atoms with Gasteiger partial charge in [0.15, 0.2) is 6.29 Å². The van der Waals surface area contributed by atoms with Crippen LogP contribution in [0.4, 0.5) is 33.3 Å². The van der Waals surface area contributed by atoms with E-state index in [-0.39, 0.29) is 17.9 Å². The van der Waals surface area contributed by atoms with Crippen LogP contribution in [0, 0.1) is 11.6 Å². The van der Waals surface area contributed by atoms with Crippen molar-refractivity contribution in [2.75, 3.05) is 31.4 Å². The van der Waals surface area contributed by atoms with Crippen LogP contribution in [0.25, 0.3) is 0 Å². The highest BCUT2D eigenvalue weighted by Crippen LogP contribution is 2.32. The van der Waals surface area contributed by atoms with Gasteiger partial charge in [-0.1, -0.05) is 27.7 Å². The van der Waals surface area contributed by atoms with Gasteiger partial charge in [0.25, 0.3) is 0 Å². The zero-order valence-corrected chi connectivity index (χ0v) is 24.4. The van der Waals surface area contributed by atoms with Gasteiger partial charge in [0.2, 0.25) is 0 Å². The molecule has 0 aromatic heterocycles. The maximum Gasteiger partial charge on any atom is 0.471 e. The van der Waals surface area contributed by atoms with E-state index in [0.717, 1.165) is 11.0 Å². The Hall–Kier alpha value is -3.49. The summed E-state index contributed by atoms with van der Waals surface area (Å²) in [6.07, 6.45) is -4.65. The van der Waals surface area contributed by atoms with Gasteiger partial charge in [0.1, 0.15) is 17.5 Å². The molecule has 0 saturated heterocycles. The monoisotopic (exact) mass is 660 g/mol. The molecule has 3 aromatic rings. The Morgan fingerprint density at radius 2 is 1.73 bits per heavy atom. The van der Waals surface area contributed by atoms with E-state index in [4.69, 9.17) is 16.2 Å². The molecule has 3 rings (SSSR count). The molecule has 0 saturated carbocycles. The molecule has 4 N–H and O–H groups in total. The maximum absolute atomic E-state index is 13.1. The Morgan fingerprint density at radius 3 is 2.27 bits per heavy atom. The number of benzene rings is 3. The SMILES string of the molecule is CN=C(N)c1cc(Sc2cc(F)cc(F)c2)ccc1N.COCC(C)N(C(=O)C(F)(F)F)c1cc(Br)ccc1C=O. The fourth-order valence-electron chi connectivity index (χ4n) is 3.49. The molecule has 0 heterocycles. The summed E-state index contributed by atoms with van der Waals surface area (Å²) in [5.74, 6) is -2.96. The predicted molar refractivity (Wildman–Crippen MR) is 152 cm³/mol. The van der Waals surface area contributed by atoms with E-state index in [0.29, 0.717) is 37.6 Å². The predicted octanol–water partition coefficient (Wildman–Crippen LogP) is 6.23. The number of nitrogen functional groups attached to an aromatic ring is 1. The summed E-state index contributed by atoms with van der Waals surface area (Å²) < 4.78 is 69.9. The largest absolute Gasteiger partial charge is 0.471 e. The molecular formula is C27H26BrF5N4O3S. The molecule has 14 heteroatoms. The normalized spacial score (nSPS) is 12.3. The number of amides is 1. The molecule has 41 heavy (non-hydrogen) atoms. The maximum atomic E-state index is 13.1. The number of amidine groups is 1. The lowest BCUT2D eigenvalue weighted by Crippen LogP contribution is -2.48. The average molecular weight is 661 g/mol. The number of aldehydes is 1. The van der Waals surface area contributed by atoms with Crippen molar-refractivity contribution < 1.29 is 36.3 Å². The van der Waals surface area contributed by atoms with Crippen molar-refractivity contribution >= 4 is 57.1 Å². The Morgan fingerprint density at radius 1 is 1.10 bits per heavy atom. The van der Waals surface area contributed by atoms with Gasteiger partial charge in [-0.05, 0) is 55.5 Å². The highest BCUT2D eigenvalue weighted by molar-refractivity contribution is 9.10. The van der Waals surface area contributed by atoms with Gasteiger partial charge in [-0.3, -0.25) is 19.5 Å². The topological polar surface area (TPSA) is 111 Å². The summed E-state index contributed by atoms with van der Waals surface area (Å²) in [4.78, 5) is 28.3. The zero-order chi connectivity index (χ0) is 30.9. The molecule has 3 aromatic carbocycles. The van der Waals surface area contributed by atoms with E-state index in [1.165, 1.54) is 56.1 Å². The van der Waals surface area contributed by atoms with Gasteiger partial charge in [-0.2, -0.15) is 13.2 Å². The molecule has 0 aliphatic rings. The van der Waals surface area contributed by atoms with Crippen molar-refractivity contribution in [3.05, 3.63) is 81.8 Å². The van der Waals surface area contributed by atoms with E-state index in [9.17, 15) is 31.5 Å². The molecule has 0 aliphatic heterocycles. The molecule has 0 spiro atoms. The summed E-state index contributed by atoms with van der Waals surface area (Å²) in [5, 5.41) is 0. The lowest BCUT2D eigenvalue weighted by Gasteiger charge is -2.30. The summed E-state index contributed by atoms with van der Waals surface area (Å²) >= 11 is 4.34. The number of aliphatic imine (C=N–C) groups is 1. The molecule has 0 aliphatic carbocycles. The minimum Gasteiger partial charge on any atom is -0.398 e. The van der Waals surface area contributed by atoms with Gasteiger partial charge in [0, 0.05) is 51.3 Å². The Balaban J connectivity index is 0.000000287. The van der Waals surface area contributed by atoms with Crippen LogP contribution in [0.15, 0.2) is 73.9 Å². The molecule has 0 radical (unpaired) electrons. The van der Waals surface area contributed by atoms with Crippen LogP contribution in [-0.2, 0) is 9.53 Å². The molecule has 1 unspecified atom stereocenters. The van der Waals surface area contributed by atoms with Gasteiger partial charge >= 0.3 is 12.1 Å². The van der Waals surface area contributed by atoms with Crippen LogP contribution in [-0.4, -0.2) is 51.0 Å². The standard InChI is InChI=1S/C14H13F2N3S.C13H13BrF3NO3/c1-19-14(18)12-7-10(2-3-13(12)17)20-11-5-8(15)4-9(16)6-11;1-8(7-21-2)18(12(20)13(15,16)17)11-5-10(14)4-3-9(11)6-19/h2-7H,17H2,1H3,(H2,18,19);3-6,8H,7H2,1-2H3. The number of rotatable bonds is 8. The number of carbonyl (C=O) groups is 2. The van der Waals surface area contributed by atoms with Gasteiger partial charge in [0.05, 0.1) is 18.3 Å². The first-order chi connectivity index (χ1) is 19.2. The van der Waals surface area contributed by atoms with Crippen molar-refractivity contribution in [3.63, 3.8) is 0 Å². The smallest absolute Gasteiger partial charge is 0.398 e. The summed E-state index contributed by atoms with van der Waals surface area (Å²) in [5.41, 5.74) is 12.5. The molecule has 0 bridgehead atoms. The van der Waals surface area contributed by atoms with Crippen molar-refractivity contribution in [1.29, 1.82) is 0 Å². The molecular weight excluding hydrogens is 635 g/mol. The minimum atomic E-state index is -5.05. The number of alkyl halides is 3. The number of hydrogen-bond acceptors (Lipinski definition) is 6. The van der Waals surface area contributed by atoms with E-state index >= 15 is 0 Å². The van der Waals surface area contributed by atoms with Crippen LogP contribution >= 0.6 is 27.7 Å². The first kappa shape index (κ1) is 33.7.